The Morgan fingerprint density at radius 3 is 2.77 bits per heavy atom. The monoisotopic (exact) mass is 298 g/mol. The molecule has 3 aliphatic rings. The molecule has 0 radical (unpaired) electrons. The molecule has 0 bridgehead atoms. The number of ether oxygens (including phenoxy) is 1. The third-order valence-electron chi connectivity index (χ3n) is 6.95. The van der Waals surface area contributed by atoms with Gasteiger partial charge in [0.2, 0.25) is 0 Å². The fourth-order valence-corrected chi connectivity index (χ4v) is 5.70. The molecule has 0 N–H and O–H groups in total. The Bertz CT molecular complexity index is 633. The van der Waals surface area contributed by atoms with Crippen LogP contribution in [0.4, 0.5) is 0 Å². The number of aryl methyl sites for hydroxylation is 2. The highest BCUT2D eigenvalue weighted by Gasteiger charge is 2.54. The van der Waals surface area contributed by atoms with Crippen LogP contribution in [-0.2, 0) is 11.2 Å². The summed E-state index contributed by atoms with van der Waals surface area (Å²) in [6.45, 7) is 4.40. The molecule has 0 heterocycles. The largest absolute Gasteiger partial charge is 0.496 e. The van der Waals surface area contributed by atoms with Crippen molar-refractivity contribution in [3.05, 3.63) is 28.8 Å². The van der Waals surface area contributed by atoms with Crippen molar-refractivity contribution in [2.24, 2.45) is 17.3 Å². The van der Waals surface area contributed by atoms with Gasteiger partial charge in [-0.1, -0.05) is 13.0 Å². The Morgan fingerprint density at radius 1 is 1.18 bits per heavy atom. The average Bonchev–Trinajstić information content (AvgIpc) is 2.82. The normalized spacial score (nSPS) is 36.5. The Labute approximate surface area is 133 Å². The Morgan fingerprint density at radius 2 is 2.00 bits per heavy atom. The Balaban J connectivity index is 1.73. The van der Waals surface area contributed by atoms with E-state index in [0.717, 1.165) is 31.4 Å². The molecule has 0 amide bonds. The smallest absolute Gasteiger partial charge is 0.139 e. The van der Waals surface area contributed by atoms with Gasteiger partial charge in [-0.25, -0.2) is 0 Å². The van der Waals surface area contributed by atoms with Crippen molar-refractivity contribution in [3.63, 3.8) is 0 Å². The first-order chi connectivity index (χ1) is 10.5. The molecule has 2 saturated carbocycles. The number of fused-ring (bicyclic) bond motifs is 5. The van der Waals surface area contributed by atoms with Gasteiger partial charge in [0.15, 0.2) is 0 Å². The molecule has 0 aromatic heterocycles. The molecule has 0 unspecified atom stereocenters. The summed E-state index contributed by atoms with van der Waals surface area (Å²) in [5.41, 5.74) is 4.27. The summed E-state index contributed by atoms with van der Waals surface area (Å²) in [6.07, 6.45) is 6.61. The van der Waals surface area contributed by atoms with E-state index in [2.05, 4.69) is 26.0 Å². The predicted octanol–water partition coefficient (Wildman–Crippen LogP) is 4.43. The SMILES string of the molecule is COc1cc2c(cc1C)[C@H]1CC[C@@]3(C)C(=O)CC[C@@H]3[C@@H]1CC2. The maximum atomic E-state index is 12.4. The minimum atomic E-state index is -0.0137. The van der Waals surface area contributed by atoms with E-state index in [0.29, 0.717) is 23.5 Å². The van der Waals surface area contributed by atoms with E-state index >= 15 is 0 Å². The van der Waals surface area contributed by atoms with Crippen LogP contribution in [0.5, 0.6) is 5.75 Å². The van der Waals surface area contributed by atoms with Crippen molar-refractivity contribution in [1.29, 1.82) is 0 Å². The van der Waals surface area contributed by atoms with Crippen molar-refractivity contribution < 1.29 is 9.53 Å². The van der Waals surface area contributed by atoms with Crippen LogP contribution in [0.3, 0.4) is 0 Å². The van der Waals surface area contributed by atoms with Crippen LogP contribution in [0, 0.1) is 24.2 Å². The first kappa shape index (κ1) is 14.3. The summed E-state index contributed by atoms with van der Waals surface area (Å²) in [4.78, 5) is 12.4. The second-order valence-corrected chi connectivity index (χ2v) is 7.85. The Hall–Kier alpha value is -1.31. The van der Waals surface area contributed by atoms with Crippen LogP contribution in [0.2, 0.25) is 0 Å². The molecule has 1 aromatic carbocycles. The molecule has 22 heavy (non-hydrogen) atoms. The van der Waals surface area contributed by atoms with E-state index in [1.165, 1.54) is 24.0 Å². The van der Waals surface area contributed by atoms with Crippen molar-refractivity contribution in [3.8, 4) is 5.75 Å². The average molecular weight is 298 g/mol. The fraction of sp³-hybridized carbons (Fsp3) is 0.650. The number of hydrogen-bond acceptors (Lipinski definition) is 2. The Kier molecular flexibility index (Phi) is 3.15. The van der Waals surface area contributed by atoms with Crippen molar-refractivity contribution in [1.82, 2.24) is 0 Å². The third-order valence-corrected chi connectivity index (χ3v) is 6.95. The van der Waals surface area contributed by atoms with Gasteiger partial charge in [-0.2, -0.15) is 0 Å². The molecule has 4 rings (SSSR count). The zero-order valence-corrected chi connectivity index (χ0v) is 13.9. The minimum Gasteiger partial charge on any atom is -0.496 e. The molecule has 3 aliphatic carbocycles. The lowest BCUT2D eigenvalue weighted by Gasteiger charge is -2.48. The fourth-order valence-electron chi connectivity index (χ4n) is 5.70. The number of methoxy groups -OCH3 is 1. The lowest BCUT2D eigenvalue weighted by atomic mass is 9.55. The number of Topliss-reactive ketones (excluding diaryl/α,β-unsaturated/α-hetero) is 1. The van der Waals surface area contributed by atoms with E-state index in [9.17, 15) is 4.79 Å². The number of carbonyl (C=O) groups excluding carboxylic acids is 1. The van der Waals surface area contributed by atoms with E-state index in [4.69, 9.17) is 4.74 Å². The molecular weight excluding hydrogens is 272 g/mol. The molecule has 2 heteroatoms. The number of carbonyl (C=O) groups is 1. The lowest BCUT2D eigenvalue weighted by molar-refractivity contribution is -0.129. The minimum absolute atomic E-state index is 0.0137. The highest BCUT2D eigenvalue weighted by molar-refractivity contribution is 5.87. The highest BCUT2D eigenvalue weighted by Crippen LogP contribution is 2.59. The zero-order valence-electron chi connectivity index (χ0n) is 13.9. The summed E-state index contributed by atoms with van der Waals surface area (Å²) in [6, 6.07) is 4.62. The second kappa shape index (κ2) is 4.84. The van der Waals surface area contributed by atoms with Gasteiger partial charge in [0.1, 0.15) is 11.5 Å². The highest BCUT2D eigenvalue weighted by atomic mass is 16.5. The van der Waals surface area contributed by atoms with Gasteiger partial charge in [0.25, 0.3) is 0 Å². The summed E-state index contributed by atoms with van der Waals surface area (Å²) in [5.74, 6) is 3.55. The quantitative estimate of drug-likeness (QED) is 0.766. The lowest BCUT2D eigenvalue weighted by Crippen LogP contribution is -2.42. The van der Waals surface area contributed by atoms with Crippen molar-refractivity contribution in [2.45, 2.75) is 58.3 Å². The van der Waals surface area contributed by atoms with E-state index in [1.54, 1.807) is 12.7 Å². The maximum absolute atomic E-state index is 12.4. The molecule has 1 aromatic rings. The number of benzene rings is 1. The van der Waals surface area contributed by atoms with Crippen LogP contribution in [0.25, 0.3) is 0 Å². The van der Waals surface area contributed by atoms with Crippen molar-refractivity contribution in [2.75, 3.05) is 7.11 Å². The molecule has 2 nitrogen and oxygen atoms in total. The molecule has 0 spiro atoms. The molecule has 0 saturated heterocycles. The van der Waals surface area contributed by atoms with Gasteiger partial charge < -0.3 is 4.74 Å². The molecule has 118 valence electrons. The first-order valence-electron chi connectivity index (χ1n) is 8.75. The zero-order chi connectivity index (χ0) is 15.5. The van der Waals surface area contributed by atoms with Crippen LogP contribution in [0.1, 0.15) is 61.6 Å². The van der Waals surface area contributed by atoms with Gasteiger partial charge in [-0.15, -0.1) is 0 Å². The van der Waals surface area contributed by atoms with Gasteiger partial charge in [0.05, 0.1) is 7.11 Å². The first-order valence-corrected chi connectivity index (χ1v) is 8.75. The molecular formula is C20H26O2. The number of ketones is 1. The van der Waals surface area contributed by atoms with Gasteiger partial charge in [-0.3, -0.25) is 4.79 Å². The van der Waals surface area contributed by atoms with Crippen LogP contribution in [-0.4, -0.2) is 12.9 Å². The summed E-state index contributed by atoms with van der Waals surface area (Å²) in [5, 5.41) is 0. The van der Waals surface area contributed by atoms with Crippen LogP contribution in [0.15, 0.2) is 12.1 Å². The molecule has 4 atom stereocenters. The molecule has 0 aliphatic heterocycles. The summed E-state index contributed by atoms with van der Waals surface area (Å²) in [7, 11) is 1.76. The van der Waals surface area contributed by atoms with E-state index < -0.39 is 0 Å². The predicted molar refractivity (Wildman–Crippen MR) is 87.4 cm³/mol. The molecule has 2 fully saturated rings. The van der Waals surface area contributed by atoms with E-state index in [1.807, 2.05) is 0 Å². The van der Waals surface area contributed by atoms with Crippen molar-refractivity contribution >= 4 is 5.78 Å². The topological polar surface area (TPSA) is 26.3 Å². The van der Waals surface area contributed by atoms with E-state index in [-0.39, 0.29) is 5.41 Å². The maximum Gasteiger partial charge on any atom is 0.139 e. The summed E-state index contributed by atoms with van der Waals surface area (Å²) >= 11 is 0. The number of hydrogen-bond donors (Lipinski definition) is 0. The van der Waals surface area contributed by atoms with Gasteiger partial charge in [0, 0.05) is 11.8 Å². The third kappa shape index (κ3) is 1.82. The summed E-state index contributed by atoms with van der Waals surface area (Å²) < 4.78 is 5.50. The second-order valence-electron chi connectivity index (χ2n) is 7.85. The van der Waals surface area contributed by atoms with Crippen LogP contribution < -0.4 is 4.74 Å². The standard InChI is InChI=1S/C20H26O2/c1-12-10-16-13(11-18(12)22-3)4-5-15-14(16)8-9-20(2)17(15)6-7-19(20)21/h10-11,14-15,17H,4-9H2,1-3H3/t14-,15+,17+,20+/m0/s1. The number of rotatable bonds is 1. The van der Waals surface area contributed by atoms with Gasteiger partial charge >= 0.3 is 0 Å². The van der Waals surface area contributed by atoms with Crippen LogP contribution >= 0.6 is 0 Å². The van der Waals surface area contributed by atoms with Gasteiger partial charge in [-0.05, 0) is 79.5 Å².